The Balaban J connectivity index is 1.81. The number of ether oxygens (including phenoxy) is 2. The van der Waals surface area contributed by atoms with Gasteiger partial charge in [0.05, 0.1) is 19.3 Å². The Hall–Kier alpha value is -1.63. The van der Waals surface area contributed by atoms with Gasteiger partial charge in [0.15, 0.2) is 6.61 Å². The van der Waals surface area contributed by atoms with Gasteiger partial charge in [-0.05, 0) is 17.7 Å². The number of hydrogen-bond donors (Lipinski definition) is 2. The zero-order valence-corrected chi connectivity index (χ0v) is 11.3. The predicted molar refractivity (Wildman–Crippen MR) is 73.2 cm³/mol. The Bertz CT molecular complexity index is 435. The van der Waals surface area contributed by atoms with Gasteiger partial charge in [0.1, 0.15) is 5.75 Å². The van der Waals surface area contributed by atoms with E-state index in [0.717, 1.165) is 5.56 Å². The van der Waals surface area contributed by atoms with Gasteiger partial charge in [-0.25, -0.2) is 0 Å². The van der Waals surface area contributed by atoms with E-state index in [-0.39, 0.29) is 25.2 Å². The molecule has 0 bridgehead atoms. The molecule has 0 aliphatic carbocycles. The highest BCUT2D eigenvalue weighted by atomic mass is 16.5. The third-order valence-corrected chi connectivity index (χ3v) is 3.22. The van der Waals surface area contributed by atoms with Gasteiger partial charge in [0, 0.05) is 19.6 Å². The van der Waals surface area contributed by atoms with E-state index in [2.05, 4.69) is 0 Å². The van der Waals surface area contributed by atoms with E-state index in [9.17, 15) is 4.79 Å². The van der Waals surface area contributed by atoms with Gasteiger partial charge in [-0.2, -0.15) is 0 Å². The minimum atomic E-state index is -0.295. The van der Waals surface area contributed by atoms with Crippen molar-refractivity contribution in [2.24, 2.45) is 5.73 Å². The highest BCUT2D eigenvalue weighted by Gasteiger charge is 2.23. The Labute approximate surface area is 118 Å². The standard InChI is InChI=1S/C14H20N2O4/c15-7-11-1-3-12(4-2-11)20-10-14(18)16-5-6-19-13(8-16)9-17/h1-4,13,17H,5-10,15H2. The normalized spacial score (nSPS) is 18.9. The molecular formula is C14H20N2O4. The molecule has 1 aromatic carbocycles. The van der Waals surface area contributed by atoms with Gasteiger partial charge in [-0.1, -0.05) is 12.1 Å². The Morgan fingerprint density at radius 2 is 2.20 bits per heavy atom. The summed E-state index contributed by atoms with van der Waals surface area (Å²) in [7, 11) is 0. The number of carbonyl (C=O) groups is 1. The van der Waals surface area contributed by atoms with Gasteiger partial charge in [-0.3, -0.25) is 4.79 Å². The van der Waals surface area contributed by atoms with Crippen LogP contribution in [0.15, 0.2) is 24.3 Å². The highest BCUT2D eigenvalue weighted by molar-refractivity contribution is 5.77. The van der Waals surface area contributed by atoms with Crippen LogP contribution in [0.25, 0.3) is 0 Å². The molecule has 6 heteroatoms. The lowest BCUT2D eigenvalue weighted by Gasteiger charge is -2.31. The fraction of sp³-hybridized carbons (Fsp3) is 0.500. The first kappa shape index (κ1) is 14.8. The maximum atomic E-state index is 12.0. The summed E-state index contributed by atoms with van der Waals surface area (Å²) >= 11 is 0. The Kier molecular flexibility index (Phi) is 5.34. The van der Waals surface area contributed by atoms with Crippen molar-refractivity contribution >= 4 is 5.91 Å². The van der Waals surface area contributed by atoms with E-state index in [1.165, 1.54) is 0 Å². The fourth-order valence-corrected chi connectivity index (χ4v) is 2.01. The molecule has 1 saturated heterocycles. The summed E-state index contributed by atoms with van der Waals surface area (Å²) in [5, 5.41) is 9.04. The number of nitrogens with two attached hydrogens (primary N) is 1. The summed E-state index contributed by atoms with van der Waals surface area (Å²) in [5.41, 5.74) is 6.53. The highest BCUT2D eigenvalue weighted by Crippen LogP contribution is 2.12. The maximum absolute atomic E-state index is 12.0. The summed E-state index contributed by atoms with van der Waals surface area (Å²) < 4.78 is 10.8. The number of carbonyl (C=O) groups excluding carboxylic acids is 1. The van der Waals surface area contributed by atoms with Crippen LogP contribution < -0.4 is 10.5 Å². The van der Waals surface area contributed by atoms with Crippen LogP contribution in [0.2, 0.25) is 0 Å². The molecule has 20 heavy (non-hydrogen) atoms. The number of aliphatic hydroxyl groups excluding tert-OH is 1. The maximum Gasteiger partial charge on any atom is 0.260 e. The van der Waals surface area contributed by atoms with Crippen LogP contribution >= 0.6 is 0 Å². The minimum Gasteiger partial charge on any atom is -0.484 e. The SMILES string of the molecule is NCc1ccc(OCC(=O)N2CCOC(CO)C2)cc1. The molecule has 1 fully saturated rings. The van der Waals surface area contributed by atoms with Gasteiger partial charge >= 0.3 is 0 Å². The molecule has 1 aliphatic heterocycles. The molecule has 1 amide bonds. The fourth-order valence-electron chi connectivity index (χ4n) is 2.01. The Morgan fingerprint density at radius 3 is 2.85 bits per heavy atom. The molecule has 0 spiro atoms. The summed E-state index contributed by atoms with van der Waals surface area (Å²) in [6, 6.07) is 7.34. The van der Waals surface area contributed by atoms with Crippen molar-refractivity contribution in [3.63, 3.8) is 0 Å². The largest absolute Gasteiger partial charge is 0.484 e. The molecule has 0 saturated carbocycles. The van der Waals surface area contributed by atoms with E-state index in [0.29, 0.717) is 32.0 Å². The van der Waals surface area contributed by atoms with Crippen LogP contribution in [0.3, 0.4) is 0 Å². The van der Waals surface area contributed by atoms with E-state index < -0.39 is 0 Å². The number of rotatable bonds is 5. The van der Waals surface area contributed by atoms with Crippen molar-refractivity contribution in [2.75, 3.05) is 32.9 Å². The van der Waals surface area contributed by atoms with Crippen LogP contribution in [-0.4, -0.2) is 54.9 Å². The average molecular weight is 280 g/mol. The number of amides is 1. The summed E-state index contributed by atoms with van der Waals surface area (Å²) in [6.07, 6.45) is -0.295. The summed E-state index contributed by atoms with van der Waals surface area (Å²) in [5.74, 6) is 0.539. The van der Waals surface area contributed by atoms with Crippen molar-refractivity contribution in [3.05, 3.63) is 29.8 Å². The zero-order valence-electron chi connectivity index (χ0n) is 11.3. The number of morpholine rings is 1. The topological polar surface area (TPSA) is 85.0 Å². The number of hydrogen-bond acceptors (Lipinski definition) is 5. The second kappa shape index (κ2) is 7.23. The zero-order chi connectivity index (χ0) is 14.4. The number of aliphatic hydroxyl groups is 1. The van der Waals surface area contributed by atoms with Crippen LogP contribution in [0.4, 0.5) is 0 Å². The first-order valence-electron chi connectivity index (χ1n) is 6.65. The van der Waals surface area contributed by atoms with Crippen molar-refractivity contribution in [1.82, 2.24) is 4.90 Å². The number of nitrogens with zero attached hydrogens (tertiary/aromatic N) is 1. The molecule has 0 aromatic heterocycles. The van der Waals surface area contributed by atoms with Crippen LogP contribution in [0, 0.1) is 0 Å². The van der Waals surface area contributed by atoms with Crippen molar-refractivity contribution in [1.29, 1.82) is 0 Å². The quantitative estimate of drug-likeness (QED) is 0.776. The third kappa shape index (κ3) is 3.93. The second-order valence-electron chi connectivity index (χ2n) is 4.65. The van der Waals surface area contributed by atoms with Gasteiger partial charge in [0.2, 0.25) is 0 Å². The molecule has 2 rings (SSSR count). The van der Waals surface area contributed by atoms with Crippen LogP contribution in [0.1, 0.15) is 5.56 Å². The van der Waals surface area contributed by atoms with Crippen LogP contribution in [0.5, 0.6) is 5.75 Å². The van der Waals surface area contributed by atoms with Crippen molar-refractivity contribution in [2.45, 2.75) is 12.6 Å². The third-order valence-electron chi connectivity index (χ3n) is 3.22. The number of benzene rings is 1. The molecule has 6 nitrogen and oxygen atoms in total. The first-order valence-corrected chi connectivity index (χ1v) is 6.65. The van der Waals surface area contributed by atoms with E-state index in [1.807, 2.05) is 12.1 Å². The van der Waals surface area contributed by atoms with Gasteiger partial charge in [-0.15, -0.1) is 0 Å². The lowest BCUT2D eigenvalue weighted by atomic mass is 10.2. The molecule has 1 atom stereocenters. The average Bonchev–Trinajstić information content (AvgIpc) is 2.53. The van der Waals surface area contributed by atoms with E-state index in [4.69, 9.17) is 20.3 Å². The van der Waals surface area contributed by atoms with E-state index in [1.54, 1.807) is 17.0 Å². The Morgan fingerprint density at radius 1 is 1.45 bits per heavy atom. The molecule has 3 N–H and O–H groups in total. The van der Waals surface area contributed by atoms with E-state index >= 15 is 0 Å². The molecule has 0 radical (unpaired) electrons. The first-order chi connectivity index (χ1) is 9.72. The molecule has 110 valence electrons. The molecular weight excluding hydrogens is 260 g/mol. The predicted octanol–water partition coefficient (Wildman–Crippen LogP) is -0.256. The smallest absolute Gasteiger partial charge is 0.260 e. The summed E-state index contributed by atoms with van der Waals surface area (Å²) in [4.78, 5) is 13.7. The van der Waals surface area contributed by atoms with Crippen LogP contribution in [-0.2, 0) is 16.1 Å². The lowest BCUT2D eigenvalue weighted by Crippen LogP contribution is -2.48. The monoisotopic (exact) mass is 280 g/mol. The van der Waals surface area contributed by atoms with Crippen molar-refractivity contribution < 1.29 is 19.4 Å². The lowest BCUT2D eigenvalue weighted by molar-refractivity contribution is -0.142. The molecule has 1 aliphatic rings. The van der Waals surface area contributed by atoms with Gasteiger partial charge < -0.3 is 25.2 Å². The molecule has 1 heterocycles. The van der Waals surface area contributed by atoms with Gasteiger partial charge in [0.25, 0.3) is 5.91 Å². The minimum absolute atomic E-state index is 0.0138. The molecule has 1 aromatic rings. The van der Waals surface area contributed by atoms with Crippen molar-refractivity contribution in [3.8, 4) is 5.75 Å². The second-order valence-corrected chi connectivity index (χ2v) is 4.65. The summed E-state index contributed by atoms with van der Waals surface area (Å²) in [6.45, 7) is 1.78. The molecule has 1 unspecified atom stereocenters.